The quantitative estimate of drug-likeness (QED) is 0.781. The largest absolute Gasteiger partial charge is 0.490 e. The topological polar surface area (TPSA) is 69.4 Å². The number of ether oxygens (including phenoxy) is 1. The first-order valence-corrected chi connectivity index (χ1v) is 8.39. The molecule has 0 radical (unpaired) electrons. The molecule has 1 aromatic rings. The van der Waals surface area contributed by atoms with E-state index in [1.165, 1.54) is 6.07 Å². The van der Waals surface area contributed by atoms with E-state index in [1.807, 2.05) is 0 Å². The molecule has 2 N–H and O–H groups in total. The molecule has 0 bridgehead atoms. The molecule has 1 unspecified atom stereocenters. The Hall–Kier alpha value is -0.730. The number of rotatable bonds is 6. The van der Waals surface area contributed by atoms with E-state index >= 15 is 0 Å². The standard InChI is InChI=1S/C12H16BrF2NO3S/c1-7(2)8(6-20(16,17)18)5-19-11-4-9(13)3-10(14)12(11)15/h3-4,7-8H,5-6H2,1-2H3,(H2,16,17,18). The van der Waals surface area contributed by atoms with Gasteiger partial charge in [-0.15, -0.1) is 0 Å². The van der Waals surface area contributed by atoms with Crippen LogP contribution in [0.25, 0.3) is 0 Å². The van der Waals surface area contributed by atoms with Gasteiger partial charge in [0.2, 0.25) is 15.8 Å². The highest BCUT2D eigenvalue weighted by Gasteiger charge is 2.21. The Balaban J connectivity index is 2.83. The predicted molar refractivity (Wildman–Crippen MR) is 75.9 cm³/mol. The van der Waals surface area contributed by atoms with Crippen molar-refractivity contribution in [3.8, 4) is 5.75 Å². The van der Waals surface area contributed by atoms with Gasteiger partial charge in [0.05, 0.1) is 12.4 Å². The summed E-state index contributed by atoms with van der Waals surface area (Å²) in [7, 11) is -3.66. The van der Waals surface area contributed by atoms with Crippen LogP contribution in [0.1, 0.15) is 13.8 Å². The molecule has 0 amide bonds. The lowest BCUT2D eigenvalue weighted by atomic mass is 9.99. The second kappa shape index (κ2) is 6.82. The van der Waals surface area contributed by atoms with Crippen LogP contribution in [0.2, 0.25) is 0 Å². The molecule has 0 aromatic heterocycles. The minimum absolute atomic E-state index is 0.0339. The Bertz CT molecular complexity index is 578. The molecule has 0 saturated heterocycles. The average molecular weight is 372 g/mol. The number of primary sulfonamides is 1. The van der Waals surface area contributed by atoms with Crippen LogP contribution in [0, 0.1) is 23.5 Å². The van der Waals surface area contributed by atoms with Gasteiger partial charge in [0, 0.05) is 10.4 Å². The second-order valence-corrected chi connectivity index (χ2v) is 7.42. The summed E-state index contributed by atoms with van der Waals surface area (Å²) in [4.78, 5) is 0. The fraction of sp³-hybridized carbons (Fsp3) is 0.500. The fourth-order valence-corrected chi connectivity index (χ4v) is 3.05. The first-order valence-electron chi connectivity index (χ1n) is 5.88. The maximum Gasteiger partial charge on any atom is 0.209 e. The zero-order valence-corrected chi connectivity index (χ0v) is 13.5. The van der Waals surface area contributed by atoms with Crippen molar-refractivity contribution < 1.29 is 21.9 Å². The number of hydrogen-bond donors (Lipinski definition) is 1. The number of benzene rings is 1. The van der Waals surface area contributed by atoms with E-state index in [0.29, 0.717) is 4.47 Å². The first-order chi connectivity index (χ1) is 9.10. The summed E-state index contributed by atoms with van der Waals surface area (Å²) < 4.78 is 54.5. The molecular formula is C12H16BrF2NO3S. The van der Waals surface area contributed by atoms with Gasteiger partial charge in [-0.25, -0.2) is 17.9 Å². The monoisotopic (exact) mass is 371 g/mol. The second-order valence-electron chi connectivity index (χ2n) is 4.84. The average Bonchev–Trinajstić information content (AvgIpc) is 2.28. The van der Waals surface area contributed by atoms with Gasteiger partial charge in [-0.2, -0.15) is 4.39 Å². The molecule has 4 nitrogen and oxygen atoms in total. The van der Waals surface area contributed by atoms with Gasteiger partial charge < -0.3 is 4.74 Å². The highest BCUT2D eigenvalue weighted by atomic mass is 79.9. The van der Waals surface area contributed by atoms with Crippen molar-refractivity contribution in [2.24, 2.45) is 17.0 Å². The summed E-state index contributed by atoms with van der Waals surface area (Å²) in [6.07, 6.45) is 0. The molecule has 0 saturated carbocycles. The normalized spacial score (nSPS) is 13.6. The molecule has 20 heavy (non-hydrogen) atoms. The van der Waals surface area contributed by atoms with Crippen LogP contribution in [-0.4, -0.2) is 20.8 Å². The molecule has 0 aliphatic rings. The van der Waals surface area contributed by atoms with Crippen LogP contribution >= 0.6 is 15.9 Å². The molecule has 0 heterocycles. The van der Waals surface area contributed by atoms with Crippen LogP contribution in [0.5, 0.6) is 5.75 Å². The Morgan fingerprint density at radius 1 is 1.35 bits per heavy atom. The van der Waals surface area contributed by atoms with E-state index in [4.69, 9.17) is 9.88 Å². The van der Waals surface area contributed by atoms with E-state index in [1.54, 1.807) is 13.8 Å². The highest BCUT2D eigenvalue weighted by molar-refractivity contribution is 9.10. The third-order valence-corrected chi connectivity index (χ3v) is 4.15. The molecule has 0 aliphatic carbocycles. The van der Waals surface area contributed by atoms with Gasteiger partial charge in [0.1, 0.15) is 0 Å². The zero-order chi connectivity index (χ0) is 15.5. The van der Waals surface area contributed by atoms with E-state index < -0.39 is 27.6 Å². The van der Waals surface area contributed by atoms with Crippen LogP contribution < -0.4 is 9.88 Å². The molecule has 1 aromatic carbocycles. The SMILES string of the molecule is CC(C)C(COc1cc(Br)cc(F)c1F)CS(N)(=O)=O. The molecule has 1 rings (SSSR count). The molecular weight excluding hydrogens is 356 g/mol. The van der Waals surface area contributed by atoms with Crippen molar-refractivity contribution in [3.63, 3.8) is 0 Å². The van der Waals surface area contributed by atoms with Crippen molar-refractivity contribution in [3.05, 3.63) is 28.2 Å². The maximum atomic E-state index is 13.5. The van der Waals surface area contributed by atoms with Crippen LogP contribution in [-0.2, 0) is 10.0 Å². The molecule has 8 heteroatoms. The lowest BCUT2D eigenvalue weighted by molar-refractivity contribution is 0.215. The smallest absolute Gasteiger partial charge is 0.209 e. The van der Waals surface area contributed by atoms with Crippen molar-refractivity contribution in [2.45, 2.75) is 13.8 Å². The van der Waals surface area contributed by atoms with Gasteiger partial charge in [-0.05, 0) is 18.1 Å². The first kappa shape index (κ1) is 17.3. The third-order valence-electron chi connectivity index (χ3n) is 2.80. The van der Waals surface area contributed by atoms with Crippen molar-refractivity contribution in [1.29, 1.82) is 0 Å². The summed E-state index contributed by atoms with van der Waals surface area (Å²) >= 11 is 3.03. The molecule has 114 valence electrons. The van der Waals surface area contributed by atoms with Gasteiger partial charge in [-0.3, -0.25) is 0 Å². The Morgan fingerprint density at radius 3 is 2.45 bits per heavy atom. The zero-order valence-electron chi connectivity index (χ0n) is 11.1. The molecule has 0 fully saturated rings. The van der Waals surface area contributed by atoms with Crippen LogP contribution in [0.4, 0.5) is 8.78 Å². The maximum absolute atomic E-state index is 13.5. The van der Waals surface area contributed by atoms with Gasteiger partial charge in [0.15, 0.2) is 11.6 Å². The fourth-order valence-electron chi connectivity index (χ4n) is 1.57. The number of halogens is 3. The van der Waals surface area contributed by atoms with E-state index in [-0.39, 0.29) is 24.0 Å². The summed E-state index contributed by atoms with van der Waals surface area (Å²) in [5, 5.41) is 5.00. The number of hydrogen-bond acceptors (Lipinski definition) is 3. The molecule has 0 spiro atoms. The summed E-state index contributed by atoms with van der Waals surface area (Å²) in [6.45, 7) is 3.54. The number of nitrogens with two attached hydrogens (primary N) is 1. The van der Waals surface area contributed by atoms with Crippen LogP contribution in [0.3, 0.4) is 0 Å². The minimum atomic E-state index is -3.66. The lowest BCUT2D eigenvalue weighted by Gasteiger charge is -2.20. The lowest BCUT2D eigenvalue weighted by Crippen LogP contribution is -2.30. The minimum Gasteiger partial charge on any atom is -0.490 e. The van der Waals surface area contributed by atoms with Crippen LogP contribution in [0.15, 0.2) is 16.6 Å². The van der Waals surface area contributed by atoms with Crippen molar-refractivity contribution in [1.82, 2.24) is 0 Å². The summed E-state index contributed by atoms with van der Waals surface area (Å²) in [6, 6.07) is 2.26. The van der Waals surface area contributed by atoms with E-state index in [9.17, 15) is 17.2 Å². The van der Waals surface area contributed by atoms with Gasteiger partial charge in [-0.1, -0.05) is 29.8 Å². The molecule has 1 atom stereocenters. The number of sulfonamides is 1. The van der Waals surface area contributed by atoms with E-state index in [2.05, 4.69) is 15.9 Å². The third kappa shape index (κ3) is 5.34. The van der Waals surface area contributed by atoms with Gasteiger partial charge >= 0.3 is 0 Å². The van der Waals surface area contributed by atoms with E-state index in [0.717, 1.165) is 6.07 Å². The van der Waals surface area contributed by atoms with Gasteiger partial charge in [0.25, 0.3) is 0 Å². The predicted octanol–water partition coefficient (Wildman–Crippen LogP) is 2.67. The summed E-state index contributed by atoms with van der Waals surface area (Å²) in [5.41, 5.74) is 0. The molecule has 0 aliphatic heterocycles. The van der Waals surface area contributed by atoms with Crippen molar-refractivity contribution >= 4 is 26.0 Å². The highest BCUT2D eigenvalue weighted by Crippen LogP contribution is 2.26. The summed E-state index contributed by atoms with van der Waals surface area (Å²) in [5.74, 6) is -3.13. The van der Waals surface area contributed by atoms with Crippen molar-refractivity contribution in [2.75, 3.05) is 12.4 Å². The Morgan fingerprint density at radius 2 is 1.95 bits per heavy atom. The Labute approximate surface area is 125 Å². The Kier molecular flexibility index (Phi) is 5.91.